The molecule has 0 aliphatic carbocycles. The number of hydrogen-bond donors (Lipinski definition) is 1. The Balaban J connectivity index is 1.51. The molecular weight excluding hydrogens is 308 g/mol. The lowest BCUT2D eigenvalue weighted by molar-refractivity contribution is 0.132. The molecule has 0 bridgehead atoms. The van der Waals surface area contributed by atoms with E-state index in [0.717, 1.165) is 51.7 Å². The fourth-order valence-corrected chi connectivity index (χ4v) is 3.53. The number of rotatable bonds is 6. The highest BCUT2D eigenvalue weighted by Crippen LogP contribution is 2.32. The quantitative estimate of drug-likeness (QED) is 0.628. The molecule has 0 aromatic heterocycles. The van der Waals surface area contributed by atoms with Crippen molar-refractivity contribution in [2.45, 2.75) is 6.92 Å². The van der Waals surface area contributed by atoms with Crippen LogP contribution in [0.4, 0.5) is 5.69 Å². The normalized spacial score (nSPS) is 19.5. The van der Waals surface area contributed by atoms with Crippen LogP contribution in [0.3, 0.4) is 0 Å². The Labute approximate surface area is 144 Å². The summed E-state index contributed by atoms with van der Waals surface area (Å²) in [5.74, 6) is 1.03. The average molecular weight is 337 g/mol. The van der Waals surface area contributed by atoms with E-state index >= 15 is 0 Å². The summed E-state index contributed by atoms with van der Waals surface area (Å²) in [4.78, 5) is 7.59. The van der Waals surface area contributed by atoms with Crippen molar-refractivity contribution in [2.24, 2.45) is 0 Å². The van der Waals surface area contributed by atoms with Gasteiger partial charge < -0.3 is 9.64 Å². The Morgan fingerprint density at radius 3 is 2.70 bits per heavy atom. The number of anilines is 1. The lowest BCUT2D eigenvalue weighted by Crippen LogP contribution is -2.52. The van der Waals surface area contributed by atoms with Gasteiger partial charge in [-0.15, -0.1) is 0 Å². The van der Waals surface area contributed by atoms with E-state index in [2.05, 4.69) is 50.8 Å². The predicted octanol–water partition coefficient (Wildman–Crippen LogP) is 1.64. The van der Waals surface area contributed by atoms with Crippen molar-refractivity contribution in [1.29, 1.82) is 0 Å². The van der Waals surface area contributed by atoms with E-state index in [1.54, 1.807) is 11.9 Å². The summed E-state index contributed by atoms with van der Waals surface area (Å²) in [5.41, 5.74) is 2.55. The lowest BCUT2D eigenvalue weighted by atomic mass is 10.1. The Morgan fingerprint density at radius 2 is 1.91 bits per heavy atom. The Bertz CT molecular complexity index is 505. The van der Waals surface area contributed by atoms with Gasteiger partial charge in [-0.05, 0) is 30.9 Å². The molecule has 1 aromatic rings. The summed E-state index contributed by atoms with van der Waals surface area (Å²) < 4.78 is 9.12. The summed E-state index contributed by atoms with van der Waals surface area (Å²) >= 11 is 1.70. The second kappa shape index (κ2) is 8.24. The SMILES string of the molecule is CSNCCN1CCN(CN2CCOc3ccc(C)cc32)CC1. The number of benzene rings is 1. The Morgan fingerprint density at radius 1 is 1.13 bits per heavy atom. The van der Waals surface area contributed by atoms with E-state index in [1.165, 1.54) is 24.3 Å². The van der Waals surface area contributed by atoms with Gasteiger partial charge in [0.25, 0.3) is 0 Å². The molecule has 0 radical (unpaired) electrons. The summed E-state index contributed by atoms with van der Waals surface area (Å²) in [5, 5.41) is 0. The van der Waals surface area contributed by atoms with Crippen LogP contribution in [0.2, 0.25) is 0 Å². The first-order valence-electron chi connectivity index (χ1n) is 8.45. The molecule has 128 valence electrons. The molecule has 6 heteroatoms. The van der Waals surface area contributed by atoms with Gasteiger partial charge in [-0.1, -0.05) is 18.0 Å². The number of aryl methyl sites for hydroxylation is 1. The highest BCUT2D eigenvalue weighted by atomic mass is 32.2. The van der Waals surface area contributed by atoms with Crippen LogP contribution < -0.4 is 14.4 Å². The van der Waals surface area contributed by atoms with Gasteiger partial charge in [-0.3, -0.25) is 14.5 Å². The maximum absolute atomic E-state index is 5.79. The third kappa shape index (κ3) is 4.53. The zero-order valence-corrected chi connectivity index (χ0v) is 15.1. The zero-order valence-electron chi connectivity index (χ0n) is 14.3. The van der Waals surface area contributed by atoms with Crippen LogP contribution in [0.5, 0.6) is 5.75 Å². The molecule has 1 N–H and O–H groups in total. The van der Waals surface area contributed by atoms with Gasteiger partial charge in [-0.25, -0.2) is 0 Å². The van der Waals surface area contributed by atoms with Crippen molar-refractivity contribution < 1.29 is 4.74 Å². The number of piperazine rings is 1. The lowest BCUT2D eigenvalue weighted by Gasteiger charge is -2.40. The van der Waals surface area contributed by atoms with E-state index in [-0.39, 0.29) is 0 Å². The second-order valence-corrected chi connectivity index (χ2v) is 6.98. The Hall–Kier alpha value is -0.950. The molecule has 23 heavy (non-hydrogen) atoms. The van der Waals surface area contributed by atoms with Gasteiger partial charge in [0.1, 0.15) is 12.4 Å². The molecule has 0 atom stereocenters. The van der Waals surface area contributed by atoms with Gasteiger partial charge in [0.2, 0.25) is 0 Å². The van der Waals surface area contributed by atoms with Crippen molar-refractivity contribution in [2.75, 3.05) is 70.2 Å². The van der Waals surface area contributed by atoms with Gasteiger partial charge in [-0.2, -0.15) is 0 Å². The summed E-state index contributed by atoms with van der Waals surface area (Å²) in [6.07, 6.45) is 2.08. The first-order valence-corrected chi connectivity index (χ1v) is 9.67. The van der Waals surface area contributed by atoms with Crippen LogP contribution >= 0.6 is 11.9 Å². The molecule has 0 saturated carbocycles. The molecule has 2 aliphatic rings. The first kappa shape index (κ1) is 16.9. The highest BCUT2D eigenvalue weighted by molar-refractivity contribution is 7.96. The highest BCUT2D eigenvalue weighted by Gasteiger charge is 2.22. The van der Waals surface area contributed by atoms with Crippen molar-refractivity contribution >= 4 is 17.6 Å². The molecule has 1 saturated heterocycles. The minimum atomic E-state index is 0.788. The van der Waals surface area contributed by atoms with Gasteiger partial charge in [0.15, 0.2) is 0 Å². The fourth-order valence-electron chi connectivity index (χ4n) is 3.23. The molecule has 0 unspecified atom stereocenters. The van der Waals surface area contributed by atoms with Gasteiger partial charge >= 0.3 is 0 Å². The summed E-state index contributed by atoms with van der Waals surface area (Å²) in [6.45, 7) is 11.8. The topological polar surface area (TPSA) is 31.0 Å². The molecule has 2 aliphatic heterocycles. The third-order valence-electron chi connectivity index (χ3n) is 4.58. The maximum Gasteiger partial charge on any atom is 0.142 e. The average Bonchev–Trinajstić information content (AvgIpc) is 2.57. The molecule has 5 nitrogen and oxygen atoms in total. The summed E-state index contributed by atoms with van der Waals surface area (Å²) in [7, 11) is 0. The van der Waals surface area contributed by atoms with E-state index in [4.69, 9.17) is 4.74 Å². The molecule has 1 aromatic carbocycles. The number of nitrogens with one attached hydrogen (secondary N) is 1. The van der Waals surface area contributed by atoms with Gasteiger partial charge in [0.05, 0.1) is 18.9 Å². The third-order valence-corrected chi connectivity index (χ3v) is 5.08. The number of hydrogen-bond acceptors (Lipinski definition) is 6. The first-order chi connectivity index (χ1) is 11.3. The second-order valence-electron chi connectivity index (χ2n) is 6.28. The number of ether oxygens (including phenoxy) is 1. The molecule has 1 fully saturated rings. The van der Waals surface area contributed by atoms with Crippen molar-refractivity contribution in [1.82, 2.24) is 14.5 Å². The molecule has 0 amide bonds. The van der Waals surface area contributed by atoms with Crippen LogP contribution in [0, 0.1) is 6.92 Å². The standard InChI is InChI=1S/C17H28N4OS/c1-15-3-4-17-16(13-15)21(11-12-22-17)14-20-9-7-19(8-10-20)6-5-18-23-2/h3-4,13,18H,5-12,14H2,1-2H3. The summed E-state index contributed by atoms with van der Waals surface area (Å²) in [6, 6.07) is 6.48. The zero-order chi connectivity index (χ0) is 16.1. The van der Waals surface area contributed by atoms with E-state index in [9.17, 15) is 0 Å². The maximum atomic E-state index is 5.79. The molecule has 2 heterocycles. The van der Waals surface area contributed by atoms with Crippen LogP contribution in [-0.2, 0) is 0 Å². The number of fused-ring (bicyclic) bond motifs is 1. The minimum absolute atomic E-state index is 0.788. The number of nitrogens with zero attached hydrogens (tertiary/aromatic N) is 3. The molecular formula is C17H28N4OS. The van der Waals surface area contributed by atoms with Gasteiger partial charge in [0, 0.05) is 39.3 Å². The van der Waals surface area contributed by atoms with Crippen molar-refractivity contribution in [3.05, 3.63) is 23.8 Å². The molecule has 0 spiro atoms. The van der Waals surface area contributed by atoms with E-state index < -0.39 is 0 Å². The van der Waals surface area contributed by atoms with Crippen LogP contribution in [-0.4, -0.2) is 75.1 Å². The fraction of sp³-hybridized carbons (Fsp3) is 0.647. The van der Waals surface area contributed by atoms with E-state index in [0.29, 0.717) is 0 Å². The van der Waals surface area contributed by atoms with Crippen molar-refractivity contribution in [3.8, 4) is 5.75 Å². The van der Waals surface area contributed by atoms with Crippen LogP contribution in [0.15, 0.2) is 18.2 Å². The van der Waals surface area contributed by atoms with E-state index in [1.807, 2.05) is 0 Å². The van der Waals surface area contributed by atoms with Crippen LogP contribution in [0.25, 0.3) is 0 Å². The Kier molecular flexibility index (Phi) is 6.05. The smallest absolute Gasteiger partial charge is 0.142 e. The molecule has 3 rings (SSSR count). The monoisotopic (exact) mass is 336 g/mol. The van der Waals surface area contributed by atoms with Crippen molar-refractivity contribution in [3.63, 3.8) is 0 Å². The van der Waals surface area contributed by atoms with Crippen LogP contribution in [0.1, 0.15) is 5.56 Å². The minimum Gasteiger partial charge on any atom is -0.490 e. The largest absolute Gasteiger partial charge is 0.490 e. The predicted molar refractivity (Wildman–Crippen MR) is 98.4 cm³/mol.